The van der Waals surface area contributed by atoms with E-state index >= 15 is 0 Å². The molecule has 5 heteroatoms. The van der Waals surface area contributed by atoms with Crippen LogP contribution in [-0.4, -0.2) is 12.0 Å². The number of nitrogens with zero attached hydrogens (tertiary/aromatic N) is 1. The quantitative estimate of drug-likeness (QED) is 0.660. The molecular formula is C14H14N2O3. The number of nitrogens with one attached hydrogen (secondary N) is 1. The van der Waals surface area contributed by atoms with Gasteiger partial charge in [-0.1, -0.05) is 30.3 Å². The molecule has 0 saturated heterocycles. The van der Waals surface area contributed by atoms with Crippen LogP contribution >= 0.6 is 0 Å². The van der Waals surface area contributed by atoms with Gasteiger partial charge in [-0.2, -0.15) is 0 Å². The highest BCUT2D eigenvalue weighted by molar-refractivity contribution is 5.58. The number of methoxy groups -OCH3 is 1. The molecule has 5 nitrogen and oxygen atoms in total. The summed E-state index contributed by atoms with van der Waals surface area (Å²) >= 11 is 0. The molecule has 0 aromatic heterocycles. The van der Waals surface area contributed by atoms with Gasteiger partial charge in [-0.15, -0.1) is 0 Å². The number of hydrogen-bond acceptors (Lipinski definition) is 4. The third kappa shape index (κ3) is 3.22. The molecule has 0 bridgehead atoms. The number of hydrogen-bond donors (Lipinski definition) is 1. The first-order chi connectivity index (χ1) is 9.20. The van der Waals surface area contributed by atoms with Crippen molar-refractivity contribution >= 4 is 11.4 Å². The molecule has 0 unspecified atom stereocenters. The zero-order chi connectivity index (χ0) is 13.7. The summed E-state index contributed by atoms with van der Waals surface area (Å²) in [5, 5.41) is 14.1. The molecule has 2 aromatic rings. The summed E-state index contributed by atoms with van der Waals surface area (Å²) in [6.07, 6.45) is 0. The van der Waals surface area contributed by atoms with E-state index in [2.05, 4.69) is 5.32 Å². The Labute approximate surface area is 111 Å². The lowest BCUT2D eigenvalue weighted by Gasteiger charge is -2.08. The summed E-state index contributed by atoms with van der Waals surface area (Å²) in [7, 11) is 1.42. The number of benzene rings is 2. The topological polar surface area (TPSA) is 64.4 Å². The van der Waals surface area contributed by atoms with E-state index in [1.807, 2.05) is 30.3 Å². The van der Waals surface area contributed by atoms with Gasteiger partial charge in [0.05, 0.1) is 12.0 Å². The monoisotopic (exact) mass is 258 g/mol. The molecule has 2 aromatic carbocycles. The van der Waals surface area contributed by atoms with E-state index < -0.39 is 4.92 Å². The maximum atomic E-state index is 10.9. The van der Waals surface area contributed by atoms with Gasteiger partial charge in [0.1, 0.15) is 0 Å². The van der Waals surface area contributed by atoms with Crippen LogP contribution in [0.2, 0.25) is 0 Å². The van der Waals surface area contributed by atoms with Crippen LogP contribution in [0.4, 0.5) is 11.4 Å². The Balaban J connectivity index is 2.13. The van der Waals surface area contributed by atoms with Crippen molar-refractivity contribution in [3.63, 3.8) is 0 Å². The van der Waals surface area contributed by atoms with Crippen molar-refractivity contribution in [3.8, 4) is 5.75 Å². The molecule has 0 fully saturated rings. The Kier molecular flexibility index (Phi) is 3.97. The first-order valence-electron chi connectivity index (χ1n) is 5.81. The summed E-state index contributed by atoms with van der Waals surface area (Å²) in [6, 6.07) is 14.7. The highest BCUT2D eigenvalue weighted by atomic mass is 16.6. The molecule has 0 heterocycles. The predicted octanol–water partition coefficient (Wildman–Crippen LogP) is 3.22. The van der Waals surface area contributed by atoms with Gasteiger partial charge >= 0.3 is 5.69 Å². The minimum Gasteiger partial charge on any atom is -0.490 e. The molecule has 2 rings (SSSR count). The summed E-state index contributed by atoms with van der Waals surface area (Å²) in [5.74, 6) is 0.260. The summed E-state index contributed by atoms with van der Waals surface area (Å²) in [6.45, 7) is 0.615. The molecule has 1 N–H and O–H groups in total. The van der Waals surface area contributed by atoms with E-state index in [1.54, 1.807) is 12.1 Å². The SMILES string of the molecule is COc1ccc(NCc2ccccc2)cc1[N+](=O)[O-]. The van der Waals surface area contributed by atoms with Crippen LogP contribution < -0.4 is 10.1 Å². The maximum Gasteiger partial charge on any atom is 0.312 e. The highest BCUT2D eigenvalue weighted by Crippen LogP contribution is 2.29. The van der Waals surface area contributed by atoms with Crippen LogP contribution in [0.5, 0.6) is 5.75 Å². The zero-order valence-corrected chi connectivity index (χ0v) is 10.5. The van der Waals surface area contributed by atoms with Crippen molar-refractivity contribution in [3.05, 3.63) is 64.2 Å². The summed E-state index contributed by atoms with van der Waals surface area (Å²) < 4.78 is 4.95. The molecule has 0 aliphatic carbocycles. The molecule has 98 valence electrons. The molecule has 0 spiro atoms. The van der Waals surface area contributed by atoms with E-state index in [1.165, 1.54) is 13.2 Å². The Morgan fingerprint density at radius 2 is 1.95 bits per heavy atom. The van der Waals surface area contributed by atoms with E-state index in [-0.39, 0.29) is 11.4 Å². The molecule has 0 saturated carbocycles. The van der Waals surface area contributed by atoms with Crippen molar-refractivity contribution in [2.45, 2.75) is 6.54 Å². The van der Waals surface area contributed by atoms with Crippen LogP contribution in [0.15, 0.2) is 48.5 Å². The average molecular weight is 258 g/mol. The number of nitro benzene ring substituents is 1. The van der Waals surface area contributed by atoms with Gasteiger partial charge in [0.15, 0.2) is 5.75 Å². The highest BCUT2D eigenvalue weighted by Gasteiger charge is 2.14. The van der Waals surface area contributed by atoms with Gasteiger partial charge in [-0.05, 0) is 17.7 Å². The van der Waals surface area contributed by atoms with Crippen molar-refractivity contribution in [2.75, 3.05) is 12.4 Å². The minimum atomic E-state index is -0.452. The Morgan fingerprint density at radius 3 is 2.58 bits per heavy atom. The molecular weight excluding hydrogens is 244 g/mol. The van der Waals surface area contributed by atoms with Crippen molar-refractivity contribution in [1.82, 2.24) is 0 Å². The summed E-state index contributed by atoms with van der Waals surface area (Å²) in [5.41, 5.74) is 1.76. The van der Waals surface area contributed by atoms with E-state index in [0.29, 0.717) is 12.2 Å². The third-order valence-corrected chi connectivity index (χ3v) is 2.72. The molecule has 0 amide bonds. The summed E-state index contributed by atoms with van der Waals surface area (Å²) in [4.78, 5) is 10.5. The normalized spacial score (nSPS) is 9.95. The van der Waals surface area contributed by atoms with Crippen molar-refractivity contribution in [1.29, 1.82) is 0 Å². The number of anilines is 1. The van der Waals surface area contributed by atoms with E-state index in [0.717, 1.165) is 5.56 Å². The van der Waals surface area contributed by atoms with E-state index in [9.17, 15) is 10.1 Å². The van der Waals surface area contributed by atoms with Crippen LogP contribution in [0.3, 0.4) is 0 Å². The molecule has 0 atom stereocenters. The lowest BCUT2D eigenvalue weighted by atomic mass is 10.2. The lowest BCUT2D eigenvalue weighted by molar-refractivity contribution is -0.385. The smallest absolute Gasteiger partial charge is 0.312 e. The van der Waals surface area contributed by atoms with Crippen molar-refractivity contribution < 1.29 is 9.66 Å². The molecule has 0 radical (unpaired) electrons. The second kappa shape index (κ2) is 5.86. The minimum absolute atomic E-state index is 0.0411. The molecule has 0 aliphatic heterocycles. The standard InChI is InChI=1S/C14H14N2O3/c1-19-14-8-7-12(9-13(14)16(17)18)15-10-11-5-3-2-4-6-11/h2-9,15H,10H2,1H3. The average Bonchev–Trinajstić information content (AvgIpc) is 2.46. The first kappa shape index (κ1) is 12.9. The predicted molar refractivity (Wildman–Crippen MR) is 73.4 cm³/mol. The van der Waals surface area contributed by atoms with Gasteiger partial charge in [0.25, 0.3) is 0 Å². The third-order valence-electron chi connectivity index (χ3n) is 2.72. The number of ether oxygens (including phenoxy) is 1. The second-order valence-corrected chi connectivity index (χ2v) is 3.98. The van der Waals surface area contributed by atoms with Crippen LogP contribution in [0.1, 0.15) is 5.56 Å². The Morgan fingerprint density at radius 1 is 1.21 bits per heavy atom. The molecule has 0 aliphatic rings. The van der Waals surface area contributed by atoms with Gasteiger partial charge in [0, 0.05) is 18.3 Å². The van der Waals surface area contributed by atoms with Gasteiger partial charge < -0.3 is 10.1 Å². The fourth-order valence-electron chi connectivity index (χ4n) is 1.74. The first-order valence-corrected chi connectivity index (χ1v) is 5.81. The lowest BCUT2D eigenvalue weighted by Crippen LogP contribution is -2.00. The second-order valence-electron chi connectivity index (χ2n) is 3.98. The Hall–Kier alpha value is -2.56. The Bertz CT molecular complexity index is 570. The fraction of sp³-hybridized carbons (Fsp3) is 0.143. The van der Waals surface area contributed by atoms with Crippen LogP contribution in [0, 0.1) is 10.1 Å². The van der Waals surface area contributed by atoms with Gasteiger partial charge in [0.2, 0.25) is 0 Å². The largest absolute Gasteiger partial charge is 0.490 e. The molecule has 19 heavy (non-hydrogen) atoms. The van der Waals surface area contributed by atoms with Gasteiger partial charge in [-0.3, -0.25) is 10.1 Å². The van der Waals surface area contributed by atoms with E-state index in [4.69, 9.17) is 4.74 Å². The fourth-order valence-corrected chi connectivity index (χ4v) is 1.74. The number of nitro groups is 1. The van der Waals surface area contributed by atoms with Crippen LogP contribution in [-0.2, 0) is 6.54 Å². The van der Waals surface area contributed by atoms with Crippen LogP contribution in [0.25, 0.3) is 0 Å². The van der Waals surface area contributed by atoms with Gasteiger partial charge in [-0.25, -0.2) is 0 Å². The van der Waals surface area contributed by atoms with Crippen molar-refractivity contribution in [2.24, 2.45) is 0 Å². The zero-order valence-electron chi connectivity index (χ0n) is 10.5. The maximum absolute atomic E-state index is 10.9. The number of rotatable bonds is 5.